The molecule has 1 saturated heterocycles. The van der Waals surface area contributed by atoms with Crippen LogP contribution in [0.25, 0.3) is 0 Å². The molecular formula is C20H32N2O. The molecule has 0 bridgehead atoms. The van der Waals surface area contributed by atoms with Crippen molar-refractivity contribution in [1.29, 1.82) is 0 Å². The number of benzene rings is 1. The zero-order valence-corrected chi connectivity index (χ0v) is 14.5. The third-order valence-electron chi connectivity index (χ3n) is 5.78. The number of piperidine rings is 1. The van der Waals surface area contributed by atoms with E-state index in [0.29, 0.717) is 6.04 Å². The highest BCUT2D eigenvalue weighted by Crippen LogP contribution is 2.29. The van der Waals surface area contributed by atoms with Gasteiger partial charge in [0.25, 0.3) is 0 Å². The number of aliphatic hydroxyl groups excluding tert-OH is 1. The second-order valence-corrected chi connectivity index (χ2v) is 7.55. The third kappa shape index (κ3) is 4.56. The van der Waals surface area contributed by atoms with Crippen LogP contribution >= 0.6 is 0 Å². The Morgan fingerprint density at radius 3 is 2.52 bits per heavy atom. The minimum Gasteiger partial charge on any atom is -0.394 e. The zero-order chi connectivity index (χ0) is 16.1. The number of aliphatic hydroxyl groups is 1. The molecule has 0 radical (unpaired) electrons. The molecule has 1 aliphatic heterocycles. The van der Waals surface area contributed by atoms with E-state index in [0.717, 1.165) is 12.0 Å². The first-order chi connectivity index (χ1) is 11.3. The quantitative estimate of drug-likeness (QED) is 0.874. The van der Waals surface area contributed by atoms with Crippen LogP contribution in [0.15, 0.2) is 30.3 Å². The van der Waals surface area contributed by atoms with E-state index < -0.39 is 0 Å². The van der Waals surface area contributed by atoms with Crippen molar-refractivity contribution in [3.05, 3.63) is 35.9 Å². The van der Waals surface area contributed by atoms with Gasteiger partial charge in [-0.05, 0) is 50.3 Å². The third-order valence-corrected chi connectivity index (χ3v) is 5.78. The molecule has 2 fully saturated rings. The van der Waals surface area contributed by atoms with E-state index in [1.807, 2.05) is 18.2 Å². The Balaban J connectivity index is 1.48. The summed E-state index contributed by atoms with van der Waals surface area (Å²) in [6.07, 6.45) is 8.02. The maximum atomic E-state index is 9.72. The molecule has 0 aromatic heterocycles. The van der Waals surface area contributed by atoms with Crippen LogP contribution in [-0.4, -0.2) is 41.8 Å². The van der Waals surface area contributed by atoms with Crippen LogP contribution in [0.5, 0.6) is 0 Å². The maximum absolute atomic E-state index is 9.72. The molecule has 3 heteroatoms. The van der Waals surface area contributed by atoms with Gasteiger partial charge in [0.2, 0.25) is 0 Å². The van der Waals surface area contributed by atoms with Gasteiger partial charge in [-0.25, -0.2) is 0 Å². The highest BCUT2D eigenvalue weighted by Gasteiger charge is 2.29. The van der Waals surface area contributed by atoms with Crippen molar-refractivity contribution in [2.75, 3.05) is 19.7 Å². The Kier molecular flexibility index (Phi) is 6.09. The number of hydrogen-bond acceptors (Lipinski definition) is 3. The summed E-state index contributed by atoms with van der Waals surface area (Å²) < 4.78 is 0. The highest BCUT2D eigenvalue weighted by molar-refractivity contribution is 5.19. The Morgan fingerprint density at radius 1 is 1.13 bits per heavy atom. The molecule has 1 saturated carbocycles. The summed E-state index contributed by atoms with van der Waals surface area (Å²) in [5, 5.41) is 13.4. The fraction of sp³-hybridized carbons (Fsp3) is 0.700. The van der Waals surface area contributed by atoms with Crippen LogP contribution < -0.4 is 5.32 Å². The molecule has 0 spiro atoms. The van der Waals surface area contributed by atoms with Crippen molar-refractivity contribution >= 4 is 0 Å². The molecule has 1 aromatic carbocycles. The Hall–Kier alpha value is -0.900. The van der Waals surface area contributed by atoms with E-state index >= 15 is 0 Å². The van der Waals surface area contributed by atoms with Gasteiger partial charge < -0.3 is 15.3 Å². The summed E-state index contributed by atoms with van der Waals surface area (Å²) in [4.78, 5) is 2.73. The van der Waals surface area contributed by atoms with Gasteiger partial charge in [-0.3, -0.25) is 0 Å². The molecule has 2 aliphatic rings. The van der Waals surface area contributed by atoms with Crippen LogP contribution in [0, 0.1) is 5.92 Å². The Labute approximate surface area is 141 Å². The molecule has 3 rings (SSSR count). The van der Waals surface area contributed by atoms with E-state index in [9.17, 15) is 5.11 Å². The molecule has 23 heavy (non-hydrogen) atoms. The summed E-state index contributed by atoms with van der Waals surface area (Å²) in [5.41, 5.74) is 1.19. The smallest absolute Gasteiger partial charge is 0.0626 e. The highest BCUT2D eigenvalue weighted by atomic mass is 16.3. The van der Waals surface area contributed by atoms with Gasteiger partial charge in [-0.2, -0.15) is 0 Å². The van der Waals surface area contributed by atoms with Crippen molar-refractivity contribution in [2.45, 2.75) is 63.6 Å². The van der Waals surface area contributed by atoms with Crippen LogP contribution in [-0.2, 0) is 0 Å². The van der Waals surface area contributed by atoms with E-state index in [2.05, 4.69) is 29.3 Å². The lowest BCUT2D eigenvalue weighted by Gasteiger charge is -2.41. The van der Waals surface area contributed by atoms with Crippen LogP contribution in [0.1, 0.15) is 57.1 Å². The molecule has 2 N–H and O–H groups in total. The molecule has 1 aliphatic carbocycles. The monoisotopic (exact) mass is 316 g/mol. The molecule has 1 heterocycles. The molecule has 3 nitrogen and oxygen atoms in total. The number of hydrogen-bond donors (Lipinski definition) is 2. The summed E-state index contributed by atoms with van der Waals surface area (Å²) in [7, 11) is 0. The Bertz CT molecular complexity index is 456. The lowest BCUT2D eigenvalue weighted by Crippen LogP contribution is -2.48. The molecular weight excluding hydrogens is 284 g/mol. The molecule has 128 valence electrons. The molecule has 1 aromatic rings. The normalized spacial score (nSPS) is 28.6. The topological polar surface area (TPSA) is 35.5 Å². The van der Waals surface area contributed by atoms with Crippen LogP contribution in [0.2, 0.25) is 0 Å². The van der Waals surface area contributed by atoms with Crippen LogP contribution in [0.4, 0.5) is 0 Å². The fourth-order valence-electron chi connectivity index (χ4n) is 4.39. The van der Waals surface area contributed by atoms with Gasteiger partial charge in [-0.1, -0.05) is 50.1 Å². The van der Waals surface area contributed by atoms with E-state index in [1.165, 1.54) is 57.2 Å². The minimum atomic E-state index is 0.0717. The summed E-state index contributed by atoms with van der Waals surface area (Å²) in [6.45, 7) is 5.00. The maximum Gasteiger partial charge on any atom is 0.0626 e. The lowest BCUT2D eigenvalue weighted by molar-refractivity contribution is 0.0950. The van der Waals surface area contributed by atoms with Crippen molar-refractivity contribution in [3.8, 4) is 0 Å². The average molecular weight is 316 g/mol. The molecule has 3 unspecified atom stereocenters. The standard InChI is InChI=1S/C20H32N2O/c1-16-6-5-9-19(14-16)22-12-10-18(11-13-22)21-20(15-23)17-7-3-2-4-8-17/h2-4,7-8,16,18-21,23H,5-6,9-15H2,1H3. The van der Waals surface area contributed by atoms with Crippen molar-refractivity contribution < 1.29 is 5.11 Å². The fourth-order valence-corrected chi connectivity index (χ4v) is 4.39. The summed E-state index contributed by atoms with van der Waals surface area (Å²) >= 11 is 0. The predicted octanol–water partition coefficient (Wildman–Crippen LogP) is 3.35. The first-order valence-corrected chi connectivity index (χ1v) is 9.42. The van der Waals surface area contributed by atoms with Crippen molar-refractivity contribution in [1.82, 2.24) is 10.2 Å². The van der Waals surface area contributed by atoms with Gasteiger partial charge >= 0.3 is 0 Å². The first-order valence-electron chi connectivity index (χ1n) is 9.42. The zero-order valence-electron chi connectivity index (χ0n) is 14.5. The van der Waals surface area contributed by atoms with Gasteiger partial charge in [0, 0.05) is 12.1 Å². The minimum absolute atomic E-state index is 0.0717. The SMILES string of the molecule is CC1CCCC(N2CCC(NC(CO)c3ccccc3)CC2)C1. The van der Waals surface area contributed by atoms with Crippen LogP contribution in [0.3, 0.4) is 0 Å². The molecule has 0 amide bonds. The van der Waals surface area contributed by atoms with Gasteiger partial charge in [0.05, 0.1) is 12.6 Å². The Morgan fingerprint density at radius 2 is 1.87 bits per heavy atom. The van der Waals surface area contributed by atoms with Crippen molar-refractivity contribution in [3.63, 3.8) is 0 Å². The lowest BCUT2D eigenvalue weighted by atomic mass is 9.85. The largest absolute Gasteiger partial charge is 0.394 e. The second-order valence-electron chi connectivity index (χ2n) is 7.55. The summed E-state index contributed by atoms with van der Waals surface area (Å²) in [6, 6.07) is 11.8. The number of nitrogens with one attached hydrogen (secondary N) is 1. The van der Waals surface area contributed by atoms with Gasteiger partial charge in [0.15, 0.2) is 0 Å². The van der Waals surface area contributed by atoms with Gasteiger partial charge in [0.1, 0.15) is 0 Å². The van der Waals surface area contributed by atoms with E-state index in [-0.39, 0.29) is 12.6 Å². The summed E-state index contributed by atoms with van der Waals surface area (Å²) in [5.74, 6) is 0.904. The number of likely N-dealkylation sites (tertiary alicyclic amines) is 1. The van der Waals surface area contributed by atoms with Crippen molar-refractivity contribution in [2.24, 2.45) is 5.92 Å². The molecule has 3 atom stereocenters. The average Bonchev–Trinajstić information content (AvgIpc) is 2.61. The first kappa shape index (κ1) is 16.9. The predicted molar refractivity (Wildman–Crippen MR) is 95.4 cm³/mol. The van der Waals surface area contributed by atoms with Gasteiger partial charge in [-0.15, -0.1) is 0 Å². The van der Waals surface area contributed by atoms with E-state index in [1.54, 1.807) is 0 Å². The number of rotatable bonds is 5. The second kappa shape index (κ2) is 8.27. The van der Waals surface area contributed by atoms with E-state index in [4.69, 9.17) is 0 Å². The number of nitrogens with zero attached hydrogens (tertiary/aromatic N) is 1.